The van der Waals surface area contributed by atoms with Crippen molar-refractivity contribution in [2.45, 2.75) is 6.92 Å². The van der Waals surface area contributed by atoms with E-state index < -0.39 is 7.73 Å². The summed E-state index contributed by atoms with van der Waals surface area (Å²) in [4.78, 5) is 14.9. The van der Waals surface area contributed by atoms with E-state index in [0.717, 1.165) is 0 Å². The van der Waals surface area contributed by atoms with Gasteiger partial charge in [-0.15, -0.1) is 0 Å². The smallest absolute Gasteiger partial charge is 0.271 e. The summed E-state index contributed by atoms with van der Waals surface area (Å²) in [6.45, 7) is 2.08. The molecule has 0 unspecified atom stereocenters. The summed E-state index contributed by atoms with van der Waals surface area (Å²) in [5, 5.41) is 0. The van der Waals surface area contributed by atoms with Crippen LogP contribution in [0.3, 0.4) is 0 Å². The molecule has 0 radical (unpaired) electrons. The van der Waals surface area contributed by atoms with Crippen molar-refractivity contribution >= 4 is 19.0 Å². The second-order valence-electron chi connectivity index (χ2n) is 1.90. The molecule has 1 aromatic carbocycles. The Morgan fingerprint density at radius 3 is 1.73 bits per heavy atom. The number of hydrogen-bond donors (Lipinski definition) is 2. The summed E-state index contributed by atoms with van der Waals surface area (Å²) in [5.41, 5.74) is 1.32. The Morgan fingerprint density at radius 2 is 1.55 bits per heavy atom. The lowest BCUT2D eigenvalue weighted by Crippen LogP contribution is -1.62. The fraction of sp³-hybridized carbons (Fsp3) is 0.143. The lowest BCUT2D eigenvalue weighted by Gasteiger charge is -1.82. The van der Waals surface area contributed by atoms with Gasteiger partial charge in [0.15, 0.2) is 0 Å². The van der Waals surface area contributed by atoms with Gasteiger partial charge in [0.1, 0.15) is 0 Å². The molecule has 1 rings (SSSR count). The molecule has 0 aliphatic heterocycles. The lowest BCUT2D eigenvalue weighted by molar-refractivity contribution is 0.504. The van der Waals surface area contributed by atoms with Crippen molar-refractivity contribution in [2.24, 2.45) is 0 Å². The minimum absolute atomic E-state index is 1.32. The van der Waals surface area contributed by atoms with Crippen LogP contribution in [0.15, 0.2) is 30.3 Å². The van der Waals surface area contributed by atoms with Crippen LogP contribution >= 0.6 is 19.0 Å². The minimum atomic E-state index is -2.15. The number of rotatable bonds is 0. The van der Waals surface area contributed by atoms with Gasteiger partial charge in [0, 0.05) is 0 Å². The van der Waals surface area contributed by atoms with Crippen LogP contribution in [0.2, 0.25) is 0 Å². The summed E-state index contributed by atoms with van der Waals surface area (Å²) in [7, 11) is -2.15. The summed E-state index contributed by atoms with van der Waals surface area (Å²) in [6, 6.07) is 10.3. The van der Waals surface area contributed by atoms with E-state index in [4.69, 9.17) is 9.79 Å². The van der Waals surface area contributed by atoms with Crippen molar-refractivity contribution < 1.29 is 9.79 Å². The molecule has 0 spiro atoms. The van der Waals surface area contributed by atoms with E-state index in [-0.39, 0.29) is 0 Å². The first-order chi connectivity index (χ1) is 5.13. The topological polar surface area (TPSA) is 40.5 Å². The molecule has 0 aromatic heterocycles. The highest BCUT2D eigenvalue weighted by Gasteiger charge is 1.77. The molecule has 2 N–H and O–H groups in total. The molecular weight excluding hydrogens is 183 g/mol. The molecule has 0 fully saturated rings. The number of halogens is 1. The van der Waals surface area contributed by atoms with Gasteiger partial charge in [0.05, 0.1) is 0 Å². The zero-order valence-electron chi connectivity index (χ0n) is 6.11. The van der Waals surface area contributed by atoms with Gasteiger partial charge in [-0.2, -0.15) is 0 Å². The Hall–Kier alpha value is -0.140. The number of hydrogen-bond acceptors (Lipinski definition) is 2. The molecule has 1 aromatic rings. The summed E-state index contributed by atoms with van der Waals surface area (Å²) < 4.78 is 0. The van der Waals surface area contributed by atoms with Crippen molar-refractivity contribution in [3.8, 4) is 0 Å². The maximum atomic E-state index is 7.44. The van der Waals surface area contributed by atoms with Crippen LogP contribution in [0.1, 0.15) is 5.56 Å². The van der Waals surface area contributed by atoms with Crippen molar-refractivity contribution in [2.75, 3.05) is 0 Å². The van der Waals surface area contributed by atoms with Crippen LogP contribution in [0, 0.1) is 6.92 Å². The number of benzene rings is 1. The average Bonchev–Trinajstić information content (AvgIpc) is 1.87. The Labute approximate surface area is 72.2 Å². The van der Waals surface area contributed by atoms with Crippen LogP contribution in [0.4, 0.5) is 0 Å². The first kappa shape index (κ1) is 10.9. The Balaban J connectivity index is 0.000000218. The fourth-order valence-corrected chi connectivity index (χ4v) is 0.534. The molecule has 4 heteroatoms. The zero-order chi connectivity index (χ0) is 8.69. The van der Waals surface area contributed by atoms with Gasteiger partial charge >= 0.3 is 0 Å². The van der Waals surface area contributed by atoms with E-state index >= 15 is 0 Å². The van der Waals surface area contributed by atoms with Crippen LogP contribution < -0.4 is 0 Å². The standard InChI is InChI=1S/C7H8.ClH2O2P/c1-7-5-3-2-4-6-7;1-4(2)3/h2-6H,1H3;2-3H. The Morgan fingerprint density at radius 1 is 1.18 bits per heavy atom. The second kappa shape index (κ2) is 6.56. The molecule has 0 saturated carbocycles. The van der Waals surface area contributed by atoms with Crippen LogP contribution in [-0.2, 0) is 0 Å². The van der Waals surface area contributed by atoms with E-state index in [2.05, 4.69) is 30.3 Å². The second-order valence-corrected chi connectivity index (χ2v) is 3.28. The third kappa shape index (κ3) is 9.86. The molecule has 0 amide bonds. The van der Waals surface area contributed by atoms with Crippen molar-refractivity contribution in [3.63, 3.8) is 0 Å². The molecule has 0 aliphatic carbocycles. The maximum Gasteiger partial charge on any atom is 0.271 e. The van der Waals surface area contributed by atoms with E-state index in [1.165, 1.54) is 5.56 Å². The maximum absolute atomic E-state index is 7.44. The SMILES string of the molecule is Cc1ccccc1.OP(O)Cl. The van der Waals surface area contributed by atoms with E-state index in [9.17, 15) is 0 Å². The van der Waals surface area contributed by atoms with E-state index in [0.29, 0.717) is 0 Å². The molecule has 2 nitrogen and oxygen atoms in total. The molecule has 0 atom stereocenters. The van der Waals surface area contributed by atoms with Crippen LogP contribution in [0.5, 0.6) is 0 Å². The first-order valence-electron chi connectivity index (χ1n) is 2.98. The highest BCUT2D eigenvalue weighted by molar-refractivity contribution is 7.74. The predicted octanol–water partition coefficient (Wildman–Crippen LogP) is 2.43. The summed E-state index contributed by atoms with van der Waals surface area (Å²) in [6.07, 6.45) is 0. The van der Waals surface area contributed by atoms with E-state index in [1.54, 1.807) is 0 Å². The fourth-order valence-electron chi connectivity index (χ4n) is 0.534. The third-order valence-corrected chi connectivity index (χ3v) is 0.940. The quantitative estimate of drug-likeness (QED) is 0.620. The largest absolute Gasteiger partial charge is 0.338 e. The minimum Gasteiger partial charge on any atom is -0.338 e. The highest BCUT2D eigenvalue weighted by Crippen LogP contribution is 2.27. The molecule has 11 heavy (non-hydrogen) atoms. The first-order valence-corrected chi connectivity index (χ1v) is 5.13. The molecule has 62 valence electrons. The Bertz CT molecular complexity index is 176. The van der Waals surface area contributed by atoms with Gasteiger partial charge in [-0.1, -0.05) is 35.9 Å². The molecule has 0 aliphatic rings. The summed E-state index contributed by atoms with van der Waals surface area (Å²) in [5.74, 6) is 0. The van der Waals surface area contributed by atoms with Crippen LogP contribution in [-0.4, -0.2) is 9.79 Å². The monoisotopic (exact) mass is 192 g/mol. The van der Waals surface area contributed by atoms with Gasteiger partial charge in [-0.05, 0) is 18.2 Å². The van der Waals surface area contributed by atoms with Gasteiger partial charge in [-0.25, -0.2) is 0 Å². The van der Waals surface area contributed by atoms with Crippen molar-refractivity contribution in [1.29, 1.82) is 0 Å². The average molecular weight is 193 g/mol. The lowest BCUT2D eigenvalue weighted by atomic mass is 10.2. The van der Waals surface area contributed by atoms with E-state index in [1.807, 2.05) is 18.2 Å². The highest BCUT2D eigenvalue weighted by atomic mass is 35.7. The number of aryl methyl sites for hydroxylation is 1. The van der Waals surface area contributed by atoms with Crippen molar-refractivity contribution in [3.05, 3.63) is 35.9 Å². The van der Waals surface area contributed by atoms with Gasteiger partial charge < -0.3 is 9.79 Å². The third-order valence-electron chi connectivity index (χ3n) is 0.940. The van der Waals surface area contributed by atoms with Gasteiger partial charge in [-0.3, -0.25) is 0 Å². The Kier molecular flexibility index (Phi) is 6.48. The van der Waals surface area contributed by atoms with Crippen molar-refractivity contribution in [1.82, 2.24) is 0 Å². The summed E-state index contributed by atoms with van der Waals surface area (Å²) >= 11 is 4.45. The molecule has 0 saturated heterocycles. The molecular formula is C7H10ClO2P. The van der Waals surface area contributed by atoms with Gasteiger partial charge in [0.25, 0.3) is 7.73 Å². The normalized spacial score (nSPS) is 8.82. The predicted molar refractivity (Wildman–Crippen MR) is 48.4 cm³/mol. The van der Waals surface area contributed by atoms with Crippen LogP contribution in [0.25, 0.3) is 0 Å². The zero-order valence-corrected chi connectivity index (χ0v) is 7.76. The molecule has 0 heterocycles. The van der Waals surface area contributed by atoms with Gasteiger partial charge in [0.2, 0.25) is 0 Å². The molecule has 0 bridgehead atoms.